The molecular weight excluding hydrogens is 236 g/mol. The van der Waals surface area contributed by atoms with Crippen LogP contribution in [0, 0.1) is 0 Å². The van der Waals surface area contributed by atoms with E-state index in [0.29, 0.717) is 6.04 Å². The van der Waals surface area contributed by atoms with E-state index in [9.17, 15) is 0 Å². The summed E-state index contributed by atoms with van der Waals surface area (Å²) in [5, 5.41) is 8.02. The van der Waals surface area contributed by atoms with Crippen molar-refractivity contribution in [1.29, 1.82) is 0 Å². The average Bonchev–Trinajstić information content (AvgIpc) is 3.10. The quantitative estimate of drug-likeness (QED) is 0.732. The van der Waals surface area contributed by atoms with Crippen molar-refractivity contribution in [3.63, 3.8) is 0 Å². The summed E-state index contributed by atoms with van der Waals surface area (Å²) >= 11 is 0. The van der Waals surface area contributed by atoms with Crippen molar-refractivity contribution >= 4 is 0 Å². The zero-order valence-electron chi connectivity index (χ0n) is 12.4. The van der Waals surface area contributed by atoms with Crippen molar-refractivity contribution in [1.82, 2.24) is 20.0 Å². The molecule has 2 rings (SSSR count). The average molecular weight is 264 g/mol. The summed E-state index contributed by atoms with van der Waals surface area (Å²) in [5.41, 5.74) is 1.31. The van der Waals surface area contributed by atoms with Crippen LogP contribution in [0.4, 0.5) is 0 Å². The Morgan fingerprint density at radius 1 is 1.32 bits per heavy atom. The maximum absolute atomic E-state index is 4.51. The second-order valence-corrected chi connectivity index (χ2v) is 5.47. The third-order valence-electron chi connectivity index (χ3n) is 4.18. The van der Waals surface area contributed by atoms with E-state index in [1.165, 1.54) is 31.2 Å². The summed E-state index contributed by atoms with van der Waals surface area (Å²) in [7, 11) is 0. The van der Waals surface area contributed by atoms with Crippen LogP contribution >= 0.6 is 0 Å². The third kappa shape index (κ3) is 4.32. The van der Waals surface area contributed by atoms with Crippen LogP contribution in [0.15, 0.2) is 12.4 Å². The first kappa shape index (κ1) is 14.5. The fourth-order valence-electron chi connectivity index (χ4n) is 2.85. The highest BCUT2D eigenvalue weighted by atomic mass is 15.3. The molecule has 0 aliphatic heterocycles. The minimum atomic E-state index is 0.657. The molecule has 1 aromatic heterocycles. The van der Waals surface area contributed by atoms with E-state index < -0.39 is 0 Å². The highest BCUT2D eigenvalue weighted by molar-refractivity contribution is 5.04. The first-order valence-electron chi connectivity index (χ1n) is 7.79. The van der Waals surface area contributed by atoms with E-state index in [-0.39, 0.29) is 0 Å². The number of hydrogen-bond acceptors (Lipinski definition) is 3. The van der Waals surface area contributed by atoms with Crippen molar-refractivity contribution in [3.8, 4) is 0 Å². The zero-order chi connectivity index (χ0) is 13.5. The van der Waals surface area contributed by atoms with Gasteiger partial charge in [-0.15, -0.1) is 0 Å². The number of nitrogens with one attached hydrogen (secondary N) is 1. The Labute approximate surface area is 117 Å². The van der Waals surface area contributed by atoms with E-state index in [1.807, 2.05) is 6.20 Å². The normalized spacial score (nSPS) is 16.6. The van der Waals surface area contributed by atoms with E-state index in [2.05, 4.69) is 40.0 Å². The first-order valence-corrected chi connectivity index (χ1v) is 7.79. The fraction of sp³-hybridized carbons (Fsp3) is 0.800. The highest BCUT2D eigenvalue weighted by Gasteiger charge is 2.17. The lowest BCUT2D eigenvalue weighted by molar-refractivity contribution is 0.302. The molecule has 1 heterocycles. The van der Waals surface area contributed by atoms with Crippen molar-refractivity contribution in [2.45, 2.75) is 52.1 Å². The van der Waals surface area contributed by atoms with E-state index in [0.717, 1.165) is 32.7 Å². The monoisotopic (exact) mass is 264 g/mol. The highest BCUT2D eigenvalue weighted by Crippen LogP contribution is 2.28. The van der Waals surface area contributed by atoms with Crippen molar-refractivity contribution in [2.75, 3.05) is 26.2 Å². The minimum absolute atomic E-state index is 0.657. The molecule has 4 heteroatoms. The molecule has 19 heavy (non-hydrogen) atoms. The molecule has 0 unspecified atom stereocenters. The molecule has 0 radical (unpaired) electrons. The Bertz CT molecular complexity index is 351. The molecule has 1 N–H and O–H groups in total. The predicted octanol–water partition coefficient (Wildman–Crippen LogP) is 2.43. The number of likely N-dealkylation sites (N-methyl/N-ethyl adjacent to an activating group) is 1. The largest absolute Gasteiger partial charge is 0.311 e. The Morgan fingerprint density at radius 3 is 2.74 bits per heavy atom. The molecule has 1 fully saturated rings. The summed E-state index contributed by atoms with van der Waals surface area (Å²) in [6.45, 7) is 9.83. The van der Waals surface area contributed by atoms with Crippen LogP contribution in [-0.2, 0) is 6.54 Å². The van der Waals surface area contributed by atoms with Gasteiger partial charge in [0.2, 0.25) is 0 Å². The van der Waals surface area contributed by atoms with Crippen LogP contribution in [0.25, 0.3) is 0 Å². The molecule has 0 aromatic carbocycles. The third-order valence-corrected chi connectivity index (χ3v) is 4.18. The molecule has 1 saturated carbocycles. The SMILES string of the molecule is CCN(CC)CCNCc1cnn(C2CCCC2)c1. The van der Waals surface area contributed by atoms with Gasteiger partial charge in [0.05, 0.1) is 12.2 Å². The van der Waals surface area contributed by atoms with Gasteiger partial charge in [-0.05, 0) is 25.9 Å². The van der Waals surface area contributed by atoms with Crippen LogP contribution in [0.1, 0.15) is 51.1 Å². The van der Waals surface area contributed by atoms with E-state index >= 15 is 0 Å². The summed E-state index contributed by atoms with van der Waals surface area (Å²) in [4.78, 5) is 2.44. The van der Waals surface area contributed by atoms with E-state index in [4.69, 9.17) is 0 Å². The van der Waals surface area contributed by atoms with Crippen LogP contribution in [0.2, 0.25) is 0 Å². The molecule has 0 bridgehead atoms. The second-order valence-electron chi connectivity index (χ2n) is 5.47. The lowest BCUT2D eigenvalue weighted by atomic mass is 10.2. The Kier molecular flexibility index (Phi) is 5.86. The van der Waals surface area contributed by atoms with Crippen molar-refractivity contribution in [3.05, 3.63) is 18.0 Å². The molecule has 0 amide bonds. The molecule has 108 valence electrons. The van der Waals surface area contributed by atoms with Gasteiger partial charge in [0.1, 0.15) is 0 Å². The van der Waals surface area contributed by atoms with Gasteiger partial charge in [0.15, 0.2) is 0 Å². The van der Waals surface area contributed by atoms with Crippen LogP contribution in [0.3, 0.4) is 0 Å². The fourth-order valence-corrected chi connectivity index (χ4v) is 2.85. The standard InChI is InChI=1S/C15H28N4/c1-3-18(4-2)10-9-16-11-14-12-17-19(13-14)15-7-5-6-8-15/h12-13,15-16H,3-11H2,1-2H3. The molecule has 0 saturated heterocycles. The molecular formula is C15H28N4. The number of nitrogens with zero attached hydrogens (tertiary/aromatic N) is 3. The van der Waals surface area contributed by atoms with Gasteiger partial charge >= 0.3 is 0 Å². The van der Waals surface area contributed by atoms with Crippen LogP contribution in [-0.4, -0.2) is 40.9 Å². The predicted molar refractivity (Wildman–Crippen MR) is 79.2 cm³/mol. The molecule has 0 spiro atoms. The summed E-state index contributed by atoms with van der Waals surface area (Å²) in [6.07, 6.45) is 9.57. The maximum Gasteiger partial charge on any atom is 0.0534 e. The summed E-state index contributed by atoms with van der Waals surface area (Å²) < 4.78 is 2.18. The molecule has 4 nitrogen and oxygen atoms in total. The van der Waals surface area contributed by atoms with Gasteiger partial charge in [-0.25, -0.2) is 0 Å². The number of aromatic nitrogens is 2. The maximum atomic E-state index is 4.51. The van der Waals surface area contributed by atoms with Gasteiger partial charge in [-0.1, -0.05) is 26.7 Å². The van der Waals surface area contributed by atoms with Gasteiger partial charge < -0.3 is 10.2 Å². The van der Waals surface area contributed by atoms with E-state index in [1.54, 1.807) is 0 Å². The molecule has 1 aromatic rings. The lowest BCUT2D eigenvalue weighted by Gasteiger charge is -2.17. The van der Waals surface area contributed by atoms with Crippen LogP contribution in [0.5, 0.6) is 0 Å². The molecule has 1 aliphatic rings. The number of hydrogen-bond donors (Lipinski definition) is 1. The molecule has 0 atom stereocenters. The van der Waals surface area contributed by atoms with Gasteiger partial charge in [-0.2, -0.15) is 5.10 Å². The van der Waals surface area contributed by atoms with Crippen molar-refractivity contribution in [2.24, 2.45) is 0 Å². The van der Waals surface area contributed by atoms with Crippen LogP contribution < -0.4 is 5.32 Å². The lowest BCUT2D eigenvalue weighted by Crippen LogP contribution is -2.31. The second kappa shape index (κ2) is 7.65. The van der Waals surface area contributed by atoms with Gasteiger partial charge in [0, 0.05) is 31.4 Å². The number of rotatable bonds is 8. The summed E-state index contributed by atoms with van der Waals surface area (Å²) in [5.74, 6) is 0. The summed E-state index contributed by atoms with van der Waals surface area (Å²) in [6, 6.07) is 0.657. The first-order chi connectivity index (χ1) is 9.33. The van der Waals surface area contributed by atoms with Crippen molar-refractivity contribution < 1.29 is 0 Å². The zero-order valence-corrected chi connectivity index (χ0v) is 12.4. The Morgan fingerprint density at radius 2 is 2.05 bits per heavy atom. The molecule has 1 aliphatic carbocycles. The Hall–Kier alpha value is -0.870. The Balaban J connectivity index is 1.68. The smallest absolute Gasteiger partial charge is 0.0534 e. The van der Waals surface area contributed by atoms with Gasteiger partial charge in [0.25, 0.3) is 0 Å². The minimum Gasteiger partial charge on any atom is -0.311 e. The van der Waals surface area contributed by atoms with Gasteiger partial charge in [-0.3, -0.25) is 4.68 Å². The topological polar surface area (TPSA) is 33.1 Å².